The van der Waals surface area contributed by atoms with Gasteiger partial charge in [0, 0.05) is 47.4 Å². The molecule has 0 aliphatic carbocycles. The molecule has 0 saturated heterocycles. The van der Waals surface area contributed by atoms with Crippen molar-refractivity contribution in [2.24, 2.45) is 0 Å². The van der Waals surface area contributed by atoms with Crippen molar-refractivity contribution in [3.05, 3.63) is 48.1 Å². The molecule has 0 fully saturated rings. The Kier molecular flexibility index (Phi) is 7.83. The SMILES string of the molecule is CO.CO.[2H]c1[c-]c(-c2ccc([Si](C)(C)C)cn2)cc([2H])c1C([2H])([2H])[2H].[Ir]. The van der Waals surface area contributed by atoms with Crippen molar-refractivity contribution in [3.8, 4) is 11.3 Å². The van der Waals surface area contributed by atoms with E-state index in [1.165, 1.54) is 11.3 Å². The fourth-order valence-electron chi connectivity index (χ4n) is 1.48. The van der Waals surface area contributed by atoms with Crippen molar-refractivity contribution in [2.75, 3.05) is 14.2 Å². The molecule has 22 heavy (non-hydrogen) atoms. The molecule has 0 saturated carbocycles. The van der Waals surface area contributed by atoms with E-state index in [4.69, 9.17) is 17.1 Å². The quantitative estimate of drug-likeness (QED) is 0.491. The molecule has 2 N–H and O–H groups in total. The number of pyridine rings is 1. The molecule has 0 aliphatic heterocycles. The minimum Gasteiger partial charge on any atom is -0.400 e. The van der Waals surface area contributed by atoms with Crippen LogP contribution in [0.15, 0.2) is 36.5 Å². The standard InChI is InChI=1S/C15H18NSi.2CH4O.Ir/c1-12-5-7-13(8-6-12)15-10-9-14(11-16-15)17(2,3)4;2*1-2;/h5-7,9-11H,1-4H3;2*2H,1H3;/q-1;;;/i1D3,5D,6D;;;. The van der Waals surface area contributed by atoms with Crippen molar-refractivity contribution in [2.45, 2.75) is 26.5 Å². The molecule has 3 nitrogen and oxygen atoms in total. The fraction of sp³-hybridized carbons (Fsp3) is 0.353. The van der Waals surface area contributed by atoms with E-state index in [0.717, 1.165) is 14.2 Å². The van der Waals surface area contributed by atoms with Gasteiger partial charge in [-0.3, -0.25) is 0 Å². The average molecular weight is 502 g/mol. The third-order valence-electron chi connectivity index (χ3n) is 2.59. The number of hydrogen-bond acceptors (Lipinski definition) is 3. The summed E-state index contributed by atoms with van der Waals surface area (Å²) >= 11 is 0. The summed E-state index contributed by atoms with van der Waals surface area (Å²) in [5.41, 5.74) is 0.807. The van der Waals surface area contributed by atoms with E-state index in [1.807, 2.05) is 18.3 Å². The molecule has 1 aromatic heterocycles. The number of nitrogens with zero attached hydrogens (tertiary/aromatic N) is 1. The monoisotopic (exact) mass is 502 g/mol. The average Bonchev–Trinajstić information content (AvgIpc) is 2.56. The van der Waals surface area contributed by atoms with Crippen molar-refractivity contribution >= 4 is 13.3 Å². The largest absolute Gasteiger partial charge is 0.400 e. The van der Waals surface area contributed by atoms with E-state index in [1.54, 1.807) is 0 Å². The number of aliphatic hydroxyl groups excluding tert-OH is 2. The summed E-state index contributed by atoms with van der Waals surface area (Å²) in [5.74, 6) is 0. The molecule has 125 valence electrons. The number of aromatic nitrogens is 1. The molecule has 1 aromatic carbocycles. The van der Waals surface area contributed by atoms with Gasteiger partial charge in [0.1, 0.15) is 0 Å². The first-order chi connectivity index (χ1) is 12.0. The summed E-state index contributed by atoms with van der Waals surface area (Å²) < 4.78 is 37.9. The molecule has 5 heteroatoms. The Bertz CT molecular complexity index is 681. The van der Waals surface area contributed by atoms with Gasteiger partial charge in [0.05, 0.1) is 8.07 Å². The van der Waals surface area contributed by atoms with Crippen LogP contribution in [0.5, 0.6) is 0 Å². The molecule has 2 rings (SSSR count). The Labute approximate surface area is 155 Å². The van der Waals surface area contributed by atoms with Crippen LogP contribution in [0.3, 0.4) is 0 Å². The Morgan fingerprint density at radius 2 is 1.77 bits per heavy atom. The molecular weight excluding hydrogens is 470 g/mol. The Morgan fingerprint density at radius 3 is 2.18 bits per heavy atom. The van der Waals surface area contributed by atoms with E-state index in [0.29, 0.717) is 11.3 Å². The minimum absolute atomic E-state index is 0. The second-order valence-corrected chi connectivity index (χ2v) is 10.1. The van der Waals surface area contributed by atoms with Gasteiger partial charge in [0.15, 0.2) is 0 Å². The van der Waals surface area contributed by atoms with Gasteiger partial charge >= 0.3 is 0 Å². The summed E-state index contributed by atoms with van der Waals surface area (Å²) in [4.78, 5) is 4.39. The third-order valence-corrected chi connectivity index (χ3v) is 4.62. The van der Waals surface area contributed by atoms with Crippen LogP contribution in [-0.2, 0) is 20.1 Å². The normalized spacial score (nSPS) is 13.3. The van der Waals surface area contributed by atoms with Crippen LogP contribution in [0.4, 0.5) is 0 Å². The molecular formula is C17H26IrNO2Si-. The van der Waals surface area contributed by atoms with Gasteiger partial charge in [-0.2, -0.15) is 0 Å². The second kappa shape index (κ2) is 11.7. The molecule has 0 unspecified atom stereocenters. The molecule has 1 radical (unpaired) electrons. The molecule has 2 aromatic rings. The van der Waals surface area contributed by atoms with Gasteiger partial charge in [-0.25, -0.2) is 0 Å². The van der Waals surface area contributed by atoms with Crippen LogP contribution >= 0.6 is 0 Å². The van der Waals surface area contributed by atoms with Gasteiger partial charge in [0.2, 0.25) is 0 Å². The van der Waals surface area contributed by atoms with E-state index in [-0.39, 0.29) is 37.8 Å². The first-order valence-electron chi connectivity index (χ1n) is 8.90. The smallest absolute Gasteiger partial charge is 0.0795 e. The minimum atomic E-state index is -2.47. The fourth-order valence-corrected chi connectivity index (χ4v) is 2.52. The predicted octanol–water partition coefficient (Wildman–Crippen LogP) is 2.62. The van der Waals surface area contributed by atoms with Gasteiger partial charge < -0.3 is 15.2 Å². The van der Waals surface area contributed by atoms with E-state index in [9.17, 15) is 0 Å². The zero-order valence-electron chi connectivity index (χ0n) is 18.5. The Morgan fingerprint density at radius 1 is 1.14 bits per heavy atom. The van der Waals surface area contributed by atoms with Crippen LogP contribution in [0.2, 0.25) is 19.6 Å². The summed E-state index contributed by atoms with van der Waals surface area (Å²) in [7, 11) is 0.566. The Hall–Kier alpha value is -0.844. The van der Waals surface area contributed by atoms with Crippen LogP contribution < -0.4 is 5.19 Å². The number of rotatable bonds is 2. The zero-order valence-corrected chi connectivity index (χ0v) is 16.9. The maximum Gasteiger partial charge on any atom is 0.0795 e. The van der Waals surface area contributed by atoms with Crippen LogP contribution in [-0.4, -0.2) is 37.5 Å². The summed E-state index contributed by atoms with van der Waals surface area (Å²) in [6.45, 7) is 4.21. The van der Waals surface area contributed by atoms with Gasteiger partial charge in [-0.05, 0) is 10.9 Å². The third kappa shape index (κ3) is 7.43. The Balaban J connectivity index is 0. The first-order valence-corrected chi connectivity index (χ1v) is 9.90. The van der Waals surface area contributed by atoms with Gasteiger partial charge in [-0.1, -0.05) is 38.6 Å². The summed E-state index contributed by atoms with van der Waals surface area (Å²) in [6.07, 6.45) is 1.82. The second-order valence-electron chi connectivity index (χ2n) is 5.01. The maximum absolute atomic E-state index is 7.88. The van der Waals surface area contributed by atoms with E-state index >= 15 is 0 Å². The molecule has 0 atom stereocenters. The van der Waals surface area contributed by atoms with Crippen molar-refractivity contribution in [1.29, 1.82) is 0 Å². The molecule has 0 bridgehead atoms. The number of hydrogen-bond donors (Lipinski definition) is 2. The van der Waals surface area contributed by atoms with Gasteiger partial charge in [-0.15, -0.1) is 35.3 Å². The summed E-state index contributed by atoms with van der Waals surface area (Å²) in [5, 5.41) is 15.2. The summed E-state index contributed by atoms with van der Waals surface area (Å²) in [6, 6.07) is 7.56. The molecule has 0 spiro atoms. The van der Waals surface area contributed by atoms with Crippen molar-refractivity contribution < 1.29 is 37.2 Å². The number of benzene rings is 1. The first kappa shape index (κ1) is 14.7. The number of aliphatic hydroxyl groups is 2. The van der Waals surface area contributed by atoms with Crippen LogP contribution in [0.25, 0.3) is 11.3 Å². The predicted molar refractivity (Wildman–Crippen MR) is 92.5 cm³/mol. The molecule has 0 aliphatic rings. The van der Waals surface area contributed by atoms with E-state index in [2.05, 4.69) is 30.7 Å². The topological polar surface area (TPSA) is 53.4 Å². The van der Waals surface area contributed by atoms with Gasteiger partial charge in [0.25, 0.3) is 0 Å². The van der Waals surface area contributed by atoms with E-state index < -0.39 is 14.9 Å². The van der Waals surface area contributed by atoms with Crippen molar-refractivity contribution in [3.63, 3.8) is 0 Å². The molecule has 0 amide bonds. The zero-order chi connectivity index (χ0) is 20.7. The maximum atomic E-state index is 7.88. The molecule has 1 heterocycles. The van der Waals surface area contributed by atoms with Crippen LogP contribution in [0.1, 0.15) is 12.4 Å². The van der Waals surface area contributed by atoms with Crippen molar-refractivity contribution in [1.82, 2.24) is 4.98 Å². The van der Waals surface area contributed by atoms with Crippen LogP contribution in [0, 0.1) is 12.9 Å².